The molecule has 0 N–H and O–H groups in total. The first kappa shape index (κ1) is 23.2. The molecule has 1 fully saturated rings. The van der Waals surface area contributed by atoms with E-state index in [0.717, 1.165) is 16.9 Å². The van der Waals surface area contributed by atoms with Gasteiger partial charge in [-0.25, -0.2) is 4.39 Å². The smallest absolute Gasteiger partial charge is 0.286 e. The van der Waals surface area contributed by atoms with Crippen LogP contribution in [0.5, 0.6) is 5.75 Å². The lowest BCUT2D eigenvalue weighted by molar-refractivity contribution is -0.113. The van der Waals surface area contributed by atoms with Crippen molar-refractivity contribution >= 4 is 34.6 Å². The lowest BCUT2D eigenvalue weighted by Gasteiger charge is -2.36. The molecule has 3 aromatic rings. The maximum Gasteiger partial charge on any atom is 0.286 e. The van der Waals surface area contributed by atoms with E-state index in [1.807, 2.05) is 41.3 Å². The molecular formula is C28H26FN3O2S. The number of nitrogens with zero attached hydrogens (tertiary/aromatic N) is 3. The molecule has 1 amide bonds. The Kier molecular flexibility index (Phi) is 6.86. The van der Waals surface area contributed by atoms with Crippen molar-refractivity contribution in [2.75, 3.05) is 31.1 Å². The molecule has 0 bridgehead atoms. The number of benzene rings is 3. The number of anilines is 1. The number of amides is 1. The number of aryl methyl sites for hydroxylation is 1. The molecule has 0 aliphatic carbocycles. The van der Waals surface area contributed by atoms with E-state index in [2.05, 4.69) is 41.1 Å². The summed E-state index contributed by atoms with van der Waals surface area (Å²) < 4.78 is 20.0. The van der Waals surface area contributed by atoms with Gasteiger partial charge < -0.3 is 14.5 Å². The molecule has 5 nitrogen and oxygen atoms in total. The lowest BCUT2D eigenvalue weighted by Crippen LogP contribution is -2.48. The van der Waals surface area contributed by atoms with Crippen LogP contribution < -0.4 is 9.64 Å². The van der Waals surface area contributed by atoms with Crippen molar-refractivity contribution in [3.8, 4) is 5.75 Å². The number of hydrogen-bond acceptors (Lipinski definition) is 5. The van der Waals surface area contributed by atoms with Gasteiger partial charge in [-0.3, -0.25) is 4.79 Å². The second-order valence-corrected chi connectivity index (χ2v) is 9.59. The zero-order chi connectivity index (χ0) is 24.2. The fourth-order valence-electron chi connectivity index (χ4n) is 4.04. The summed E-state index contributed by atoms with van der Waals surface area (Å²) in [5.41, 5.74) is 3.89. The van der Waals surface area contributed by atoms with Crippen molar-refractivity contribution in [3.05, 3.63) is 100 Å². The monoisotopic (exact) mass is 487 g/mol. The average Bonchev–Trinajstić information content (AvgIpc) is 3.25. The molecule has 35 heavy (non-hydrogen) atoms. The average molecular weight is 488 g/mol. The summed E-state index contributed by atoms with van der Waals surface area (Å²) in [4.78, 5) is 21.5. The number of aliphatic imine (C=N–C) groups is 1. The summed E-state index contributed by atoms with van der Waals surface area (Å²) >= 11 is 1.40. The number of thioether (sulfide) groups is 1. The van der Waals surface area contributed by atoms with Crippen LogP contribution in [-0.2, 0) is 11.4 Å². The van der Waals surface area contributed by atoms with Gasteiger partial charge in [0.05, 0.1) is 10.6 Å². The van der Waals surface area contributed by atoms with Crippen LogP contribution in [0, 0.1) is 12.7 Å². The zero-order valence-corrected chi connectivity index (χ0v) is 20.3. The van der Waals surface area contributed by atoms with Crippen LogP contribution in [0.4, 0.5) is 10.1 Å². The molecular weight excluding hydrogens is 461 g/mol. The Labute approximate surface area is 208 Å². The minimum Gasteiger partial charge on any atom is -0.489 e. The van der Waals surface area contributed by atoms with Gasteiger partial charge in [-0.2, -0.15) is 4.99 Å². The first-order chi connectivity index (χ1) is 17.0. The van der Waals surface area contributed by atoms with Crippen LogP contribution in [0.2, 0.25) is 0 Å². The summed E-state index contributed by atoms with van der Waals surface area (Å²) in [6.45, 7) is 5.31. The molecule has 2 heterocycles. The van der Waals surface area contributed by atoms with Crippen molar-refractivity contribution < 1.29 is 13.9 Å². The molecule has 0 aromatic heterocycles. The van der Waals surface area contributed by atoms with Crippen LogP contribution in [0.25, 0.3) is 6.08 Å². The Hall–Kier alpha value is -3.58. The maximum absolute atomic E-state index is 14.1. The Morgan fingerprint density at radius 2 is 1.63 bits per heavy atom. The Balaban J connectivity index is 1.16. The van der Waals surface area contributed by atoms with E-state index in [0.29, 0.717) is 48.5 Å². The van der Waals surface area contributed by atoms with Gasteiger partial charge >= 0.3 is 0 Å². The highest BCUT2D eigenvalue weighted by Gasteiger charge is 2.29. The number of carbonyl (C=O) groups is 1. The summed E-state index contributed by atoms with van der Waals surface area (Å²) in [6.07, 6.45) is 1.86. The molecule has 2 aliphatic rings. The number of amidine groups is 1. The molecule has 2 aliphatic heterocycles. The fraction of sp³-hybridized carbons (Fsp3) is 0.214. The van der Waals surface area contributed by atoms with Crippen molar-refractivity contribution in [3.63, 3.8) is 0 Å². The van der Waals surface area contributed by atoms with Gasteiger partial charge in [-0.1, -0.05) is 54.1 Å². The van der Waals surface area contributed by atoms with E-state index >= 15 is 0 Å². The van der Waals surface area contributed by atoms with Crippen LogP contribution in [-0.4, -0.2) is 42.2 Å². The van der Waals surface area contributed by atoms with E-state index in [9.17, 15) is 9.18 Å². The Morgan fingerprint density at radius 1 is 0.943 bits per heavy atom. The molecule has 7 heteroatoms. The van der Waals surface area contributed by atoms with Crippen molar-refractivity contribution in [2.45, 2.75) is 13.5 Å². The van der Waals surface area contributed by atoms with Gasteiger partial charge in [-0.05, 0) is 60.2 Å². The van der Waals surface area contributed by atoms with Gasteiger partial charge in [0.1, 0.15) is 18.2 Å². The molecule has 3 aromatic carbocycles. The van der Waals surface area contributed by atoms with Crippen LogP contribution in [0.3, 0.4) is 0 Å². The van der Waals surface area contributed by atoms with Gasteiger partial charge in [0.15, 0.2) is 5.17 Å². The topological polar surface area (TPSA) is 45.1 Å². The highest BCUT2D eigenvalue weighted by molar-refractivity contribution is 8.18. The summed E-state index contributed by atoms with van der Waals surface area (Å²) in [5.74, 6) is 0.351. The normalized spacial score (nSPS) is 17.1. The molecule has 1 saturated heterocycles. The first-order valence-electron chi connectivity index (χ1n) is 11.6. The molecule has 0 radical (unpaired) electrons. The number of para-hydroxylation sites is 1. The number of halogens is 1. The zero-order valence-electron chi connectivity index (χ0n) is 19.5. The Bertz CT molecular complexity index is 1260. The molecule has 0 saturated carbocycles. The van der Waals surface area contributed by atoms with E-state index in [4.69, 9.17) is 4.74 Å². The van der Waals surface area contributed by atoms with Gasteiger partial charge in [0, 0.05) is 26.2 Å². The number of carbonyl (C=O) groups excluding carboxylic acids is 1. The van der Waals surface area contributed by atoms with Crippen LogP contribution in [0.1, 0.15) is 16.7 Å². The SMILES string of the molecule is Cc1ccc(COc2ccc(/C=C3\SC(N4CCN(c5ccccc5F)CC4)=NC3=O)cc2)cc1. The standard InChI is InChI=1S/C28H26FN3O2S/c1-20-6-8-22(9-7-20)19-34-23-12-10-21(11-13-23)18-26-27(33)30-28(35-26)32-16-14-31(15-17-32)25-5-3-2-4-24(25)29/h2-13,18H,14-17,19H2,1H3/b26-18-. The van der Waals surface area contributed by atoms with Crippen molar-refractivity contribution in [2.24, 2.45) is 4.99 Å². The van der Waals surface area contributed by atoms with E-state index < -0.39 is 0 Å². The number of ether oxygens (including phenoxy) is 1. The van der Waals surface area contributed by atoms with Crippen LogP contribution >= 0.6 is 11.8 Å². The largest absolute Gasteiger partial charge is 0.489 e. The van der Waals surface area contributed by atoms with Gasteiger partial charge in [0.2, 0.25) is 0 Å². The second kappa shape index (κ2) is 10.4. The quantitative estimate of drug-likeness (QED) is 0.445. The third kappa shape index (κ3) is 5.57. The van der Waals surface area contributed by atoms with Crippen molar-refractivity contribution in [1.82, 2.24) is 4.90 Å². The summed E-state index contributed by atoms with van der Waals surface area (Å²) in [7, 11) is 0. The number of rotatable bonds is 5. The van der Waals surface area contributed by atoms with Crippen molar-refractivity contribution in [1.29, 1.82) is 0 Å². The molecule has 178 valence electrons. The highest BCUT2D eigenvalue weighted by atomic mass is 32.2. The molecule has 0 atom stereocenters. The van der Waals surface area contributed by atoms with E-state index in [1.165, 1.54) is 23.4 Å². The minimum absolute atomic E-state index is 0.208. The van der Waals surface area contributed by atoms with E-state index in [-0.39, 0.29) is 11.7 Å². The fourth-order valence-corrected chi connectivity index (χ4v) is 5.01. The minimum atomic E-state index is -0.221. The predicted octanol–water partition coefficient (Wildman–Crippen LogP) is 5.51. The predicted molar refractivity (Wildman–Crippen MR) is 140 cm³/mol. The summed E-state index contributed by atoms with van der Waals surface area (Å²) in [5, 5.41) is 0.715. The summed E-state index contributed by atoms with van der Waals surface area (Å²) in [6, 6.07) is 22.8. The maximum atomic E-state index is 14.1. The van der Waals surface area contributed by atoms with Crippen LogP contribution in [0.15, 0.2) is 82.7 Å². The third-order valence-electron chi connectivity index (χ3n) is 6.06. The number of piperazine rings is 1. The second-order valence-electron chi connectivity index (χ2n) is 8.58. The lowest BCUT2D eigenvalue weighted by atomic mass is 10.1. The Morgan fingerprint density at radius 3 is 2.34 bits per heavy atom. The molecule has 0 unspecified atom stereocenters. The van der Waals surface area contributed by atoms with E-state index in [1.54, 1.807) is 12.1 Å². The molecule has 5 rings (SSSR count). The van der Waals surface area contributed by atoms with Gasteiger partial charge in [0.25, 0.3) is 5.91 Å². The third-order valence-corrected chi connectivity index (χ3v) is 7.10. The number of hydrogen-bond donors (Lipinski definition) is 0. The molecule has 0 spiro atoms. The highest BCUT2D eigenvalue weighted by Crippen LogP contribution is 2.31. The first-order valence-corrected chi connectivity index (χ1v) is 12.4. The van der Waals surface area contributed by atoms with Gasteiger partial charge in [-0.15, -0.1) is 0 Å².